The van der Waals surface area contributed by atoms with Crippen molar-refractivity contribution in [1.29, 1.82) is 0 Å². The minimum Gasteiger partial charge on any atom is -0.294 e. The van der Waals surface area contributed by atoms with Crippen molar-refractivity contribution in [1.82, 2.24) is 0 Å². The molecule has 0 aromatic heterocycles. The van der Waals surface area contributed by atoms with Crippen LogP contribution in [0.3, 0.4) is 0 Å². The van der Waals surface area contributed by atoms with Gasteiger partial charge in [-0.2, -0.15) is 0 Å². The molecule has 22 heavy (non-hydrogen) atoms. The summed E-state index contributed by atoms with van der Waals surface area (Å²) in [5.74, 6) is 6.68. The highest BCUT2D eigenvalue weighted by Gasteiger charge is 2.31. The number of Topliss-reactive ketones (excluding diaryl/α,β-unsaturated/α-hetero) is 1. The number of carbonyl (C=O) groups excluding carboxylic acids is 1. The lowest BCUT2D eigenvalue weighted by Crippen LogP contribution is -2.27. The van der Waals surface area contributed by atoms with Crippen molar-refractivity contribution in [2.24, 2.45) is 0 Å². The largest absolute Gasteiger partial charge is 0.294 e. The zero-order valence-corrected chi connectivity index (χ0v) is 13.4. The first-order valence-electron chi connectivity index (χ1n) is 7.72. The van der Waals surface area contributed by atoms with Crippen LogP contribution in [0, 0.1) is 18.8 Å². The lowest BCUT2D eigenvalue weighted by Gasteiger charge is -2.31. The second-order valence-corrected chi connectivity index (χ2v) is 6.68. The number of fused-ring (bicyclic) bond motifs is 1. The Balaban J connectivity index is 1.97. The van der Waals surface area contributed by atoms with Gasteiger partial charge in [-0.1, -0.05) is 43.4 Å². The van der Waals surface area contributed by atoms with Gasteiger partial charge in [0.25, 0.3) is 0 Å². The molecule has 0 unspecified atom stereocenters. The second-order valence-electron chi connectivity index (χ2n) is 6.68. The Morgan fingerprint density at radius 3 is 2.32 bits per heavy atom. The highest BCUT2D eigenvalue weighted by molar-refractivity contribution is 5.99. The monoisotopic (exact) mass is 288 g/mol. The molecule has 0 N–H and O–H groups in total. The summed E-state index contributed by atoms with van der Waals surface area (Å²) in [6.45, 7) is 6.48. The van der Waals surface area contributed by atoms with Crippen molar-refractivity contribution in [3.05, 3.63) is 70.3 Å². The van der Waals surface area contributed by atoms with Gasteiger partial charge in [0.15, 0.2) is 5.78 Å². The topological polar surface area (TPSA) is 17.1 Å². The number of hydrogen-bond acceptors (Lipinski definition) is 1. The maximum absolute atomic E-state index is 12.1. The van der Waals surface area contributed by atoms with Gasteiger partial charge in [-0.3, -0.25) is 4.79 Å². The molecule has 1 heteroatoms. The summed E-state index contributed by atoms with van der Waals surface area (Å²) < 4.78 is 0. The van der Waals surface area contributed by atoms with E-state index in [4.69, 9.17) is 0 Å². The van der Waals surface area contributed by atoms with Crippen LogP contribution in [0.2, 0.25) is 0 Å². The molecule has 0 heterocycles. The van der Waals surface area contributed by atoms with Crippen LogP contribution in [0.25, 0.3) is 0 Å². The van der Waals surface area contributed by atoms with E-state index < -0.39 is 0 Å². The van der Waals surface area contributed by atoms with Gasteiger partial charge < -0.3 is 0 Å². The zero-order valence-electron chi connectivity index (χ0n) is 13.4. The minimum absolute atomic E-state index is 0.0464. The third kappa shape index (κ3) is 2.83. The Bertz CT molecular complexity index is 783. The summed E-state index contributed by atoms with van der Waals surface area (Å²) in [5, 5.41) is 0. The van der Waals surface area contributed by atoms with E-state index in [1.807, 2.05) is 24.3 Å². The Morgan fingerprint density at radius 1 is 0.955 bits per heavy atom. The molecule has 1 aliphatic carbocycles. The molecule has 2 aromatic rings. The van der Waals surface area contributed by atoms with Crippen LogP contribution in [-0.4, -0.2) is 5.78 Å². The van der Waals surface area contributed by atoms with Gasteiger partial charge in [0, 0.05) is 23.1 Å². The normalized spacial score (nSPS) is 15.7. The van der Waals surface area contributed by atoms with Crippen molar-refractivity contribution in [2.75, 3.05) is 0 Å². The average molecular weight is 288 g/mol. The van der Waals surface area contributed by atoms with Crippen LogP contribution < -0.4 is 0 Å². The van der Waals surface area contributed by atoms with Crippen molar-refractivity contribution >= 4 is 5.78 Å². The van der Waals surface area contributed by atoms with E-state index in [9.17, 15) is 4.79 Å². The fourth-order valence-corrected chi connectivity index (χ4v) is 2.90. The van der Waals surface area contributed by atoms with E-state index in [1.165, 1.54) is 5.56 Å². The molecule has 0 atom stereocenters. The molecule has 2 aromatic carbocycles. The molecule has 0 bridgehead atoms. The maximum Gasteiger partial charge on any atom is 0.163 e. The summed E-state index contributed by atoms with van der Waals surface area (Å²) >= 11 is 0. The van der Waals surface area contributed by atoms with Gasteiger partial charge in [0.2, 0.25) is 0 Å². The van der Waals surface area contributed by atoms with Gasteiger partial charge in [-0.25, -0.2) is 0 Å². The predicted molar refractivity (Wildman–Crippen MR) is 90.2 cm³/mol. The van der Waals surface area contributed by atoms with Crippen LogP contribution in [0.15, 0.2) is 42.5 Å². The van der Waals surface area contributed by atoms with Gasteiger partial charge in [0.1, 0.15) is 0 Å². The standard InChI is InChI=1S/C21H20O/c1-15-4-6-16(7-5-15)8-9-17-10-11-18-19(14-17)21(2,3)13-12-20(18)22/h4-7,10-11,14H,12-13H2,1-3H3. The highest BCUT2D eigenvalue weighted by atomic mass is 16.1. The number of benzene rings is 2. The number of rotatable bonds is 0. The molecule has 0 radical (unpaired) electrons. The van der Waals surface area contributed by atoms with Gasteiger partial charge >= 0.3 is 0 Å². The number of carbonyl (C=O) groups is 1. The highest BCUT2D eigenvalue weighted by Crippen LogP contribution is 2.36. The number of aryl methyl sites for hydroxylation is 1. The second kappa shape index (κ2) is 5.46. The van der Waals surface area contributed by atoms with Gasteiger partial charge in [-0.05, 0) is 54.7 Å². The number of hydrogen-bond donors (Lipinski definition) is 0. The third-order valence-electron chi connectivity index (χ3n) is 4.43. The van der Waals surface area contributed by atoms with Crippen LogP contribution in [0.1, 0.15) is 59.3 Å². The summed E-state index contributed by atoms with van der Waals surface area (Å²) in [5.41, 5.74) is 5.28. The van der Waals surface area contributed by atoms with E-state index in [1.54, 1.807) is 0 Å². The van der Waals surface area contributed by atoms with Crippen LogP contribution in [0.5, 0.6) is 0 Å². The van der Waals surface area contributed by atoms with Crippen LogP contribution in [-0.2, 0) is 5.41 Å². The summed E-state index contributed by atoms with van der Waals surface area (Å²) in [4.78, 5) is 12.1. The van der Waals surface area contributed by atoms with E-state index >= 15 is 0 Å². The SMILES string of the molecule is Cc1ccc(C#Cc2ccc3c(c2)C(C)(C)CCC3=O)cc1. The lowest BCUT2D eigenvalue weighted by atomic mass is 9.72. The Kier molecular flexibility index (Phi) is 3.62. The van der Waals surface area contributed by atoms with Crippen molar-refractivity contribution in [2.45, 2.75) is 39.0 Å². The first kappa shape index (κ1) is 14.6. The molecule has 0 saturated heterocycles. The van der Waals surface area contributed by atoms with E-state index in [2.05, 4.69) is 50.8 Å². The first-order chi connectivity index (χ1) is 10.5. The molecule has 0 amide bonds. The molecule has 1 nitrogen and oxygen atoms in total. The zero-order chi connectivity index (χ0) is 15.7. The van der Waals surface area contributed by atoms with E-state index in [-0.39, 0.29) is 11.2 Å². The molecule has 110 valence electrons. The molecule has 3 rings (SSSR count). The van der Waals surface area contributed by atoms with Crippen LogP contribution in [0.4, 0.5) is 0 Å². The molecule has 0 fully saturated rings. The number of ketones is 1. The van der Waals surface area contributed by atoms with Crippen molar-refractivity contribution in [3.63, 3.8) is 0 Å². The fourth-order valence-electron chi connectivity index (χ4n) is 2.90. The Labute approximate surface area is 132 Å². The molecule has 1 aliphatic rings. The molecule has 0 saturated carbocycles. The fraction of sp³-hybridized carbons (Fsp3) is 0.286. The van der Waals surface area contributed by atoms with Crippen molar-refractivity contribution < 1.29 is 4.79 Å². The van der Waals surface area contributed by atoms with E-state index in [0.29, 0.717) is 6.42 Å². The molecular weight excluding hydrogens is 268 g/mol. The molecular formula is C21H20O. The third-order valence-corrected chi connectivity index (χ3v) is 4.43. The smallest absolute Gasteiger partial charge is 0.163 e. The average Bonchev–Trinajstić information content (AvgIpc) is 2.51. The lowest BCUT2D eigenvalue weighted by molar-refractivity contribution is 0.0957. The van der Waals surface area contributed by atoms with Crippen LogP contribution >= 0.6 is 0 Å². The quantitative estimate of drug-likeness (QED) is 0.645. The minimum atomic E-state index is 0.0464. The Morgan fingerprint density at radius 2 is 1.59 bits per heavy atom. The summed E-state index contributed by atoms with van der Waals surface area (Å²) in [6, 6.07) is 14.2. The molecule has 0 spiro atoms. The Hall–Kier alpha value is -2.33. The van der Waals surface area contributed by atoms with Gasteiger partial charge in [-0.15, -0.1) is 0 Å². The molecule has 0 aliphatic heterocycles. The van der Waals surface area contributed by atoms with Crippen molar-refractivity contribution in [3.8, 4) is 11.8 Å². The predicted octanol–water partition coefficient (Wildman–Crippen LogP) is 4.65. The summed E-state index contributed by atoms with van der Waals surface area (Å²) in [6.07, 6.45) is 1.56. The summed E-state index contributed by atoms with van der Waals surface area (Å²) in [7, 11) is 0. The van der Waals surface area contributed by atoms with Gasteiger partial charge in [0.05, 0.1) is 0 Å². The first-order valence-corrected chi connectivity index (χ1v) is 7.72. The maximum atomic E-state index is 12.1. The van der Waals surface area contributed by atoms with E-state index in [0.717, 1.165) is 28.7 Å².